The Hall–Kier alpha value is -1.90. The lowest BCUT2D eigenvalue weighted by Gasteiger charge is -2.15. The Bertz CT molecular complexity index is 883. The Morgan fingerprint density at radius 3 is 2.37 bits per heavy atom. The minimum atomic E-state index is -3.55. The molecule has 146 valence electrons. The minimum absolute atomic E-state index is 0.149. The third kappa shape index (κ3) is 6.64. The topological polar surface area (TPSA) is 84.5 Å². The molecule has 6 nitrogen and oxygen atoms in total. The molecule has 2 aromatic rings. The van der Waals surface area contributed by atoms with E-state index in [1.807, 2.05) is 31.2 Å². The van der Waals surface area contributed by atoms with Gasteiger partial charge >= 0.3 is 0 Å². The monoisotopic (exact) mass is 454 g/mol. The number of hydrogen-bond acceptors (Lipinski definition) is 4. The summed E-state index contributed by atoms with van der Waals surface area (Å²) in [6.45, 7) is 5.24. The van der Waals surface area contributed by atoms with Gasteiger partial charge in [0.15, 0.2) is 6.61 Å². The molecule has 0 fully saturated rings. The maximum Gasteiger partial charge on any atom is 0.258 e. The van der Waals surface area contributed by atoms with Crippen LogP contribution < -0.4 is 14.8 Å². The fraction of sp³-hybridized carbons (Fsp3) is 0.316. The van der Waals surface area contributed by atoms with E-state index in [2.05, 4.69) is 26.0 Å². The predicted molar refractivity (Wildman–Crippen MR) is 108 cm³/mol. The van der Waals surface area contributed by atoms with Gasteiger partial charge in [-0.3, -0.25) is 4.79 Å². The number of benzene rings is 2. The molecular formula is C19H23BrN2O4S. The zero-order valence-corrected chi connectivity index (χ0v) is 17.8. The van der Waals surface area contributed by atoms with Gasteiger partial charge in [-0.15, -0.1) is 0 Å². The number of amides is 1. The van der Waals surface area contributed by atoms with Crippen molar-refractivity contribution >= 4 is 31.9 Å². The highest BCUT2D eigenvalue weighted by molar-refractivity contribution is 9.10. The van der Waals surface area contributed by atoms with Gasteiger partial charge in [0, 0.05) is 10.5 Å². The molecule has 0 radical (unpaired) electrons. The summed E-state index contributed by atoms with van der Waals surface area (Å²) >= 11 is 3.41. The molecule has 27 heavy (non-hydrogen) atoms. The summed E-state index contributed by atoms with van der Waals surface area (Å²) in [5.41, 5.74) is 0.977. The van der Waals surface area contributed by atoms with Crippen LogP contribution in [-0.2, 0) is 14.8 Å². The smallest absolute Gasteiger partial charge is 0.258 e. The van der Waals surface area contributed by atoms with E-state index in [1.165, 1.54) is 24.3 Å². The summed E-state index contributed by atoms with van der Waals surface area (Å²) in [6, 6.07) is 13.3. The summed E-state index contributed by atoms with van der Waals surface area (Å²) in [5.74, 6) is 0.157. The number of nitrogens with one attached hydrogen (secondary N) is 2. The first-order valence-electron chi connectivity index (χ1n) is 8.47. The Labute approximate surface area is 168 Å². The number of sulfonamides is 1. The van der Waals surface area contributed by atoms with Crippen LogP contribution in [0.2, 0.25) is 0 Å². The first kappa shape index (κ1) is 21.4. The van der Waals surface area contributed by atoms with E-state index < -0.39 is 10.0 Å². The highest BCUT2D eigenvalue weighted by Crippen LogP contribution is 2.18. The van der Waals surface area contributed by atoms with Crippen LogP contribution in [0.5, 0.6) is 5.75 Å². The van der Waals surface area contributed by atoms with E-state index >= 15 is 0 Å². The largest absolute Gasteiger partial charge is 0.484 e. The van der Waals surface area contributed by atoms with Gasteiger partial charge in [-0.05, 0) is 62.7 Å². The Balaban J connectivity index is 1.90. The molecule has 0 unspecified atom stereocenters. The molecule has 0 aliphatic carbocycles. The molecule has 1 atom stereocenters. The van der Waals surface area contributed by atoms with Crippen LogP contribution in [0.3, 0.4) is 0 Å². The predicted octanol–water partition coefficient (Wildman–Crippen LogP) is 3.39. The first-order valence-corrected chi connectivity index (χ1v) is 10.7. The van der Waals surface area contributed by atoms with Crippen LogP contribution in [0.15, 0.2) is 57.9 Å². The molecule has 2 rings (SSSR count). The quantitative estimate of drug-likeness (QED) is 0.639. The average Bonchev–Trinajstić information content (AvgIpc) is 2.59. The standard InChI is InChI=1S/C19H23BrN2O4S/c1-13(2)22-27(24,25)18-9-7-17(8-10-18)26-12-19(23)21-14(3)15-5-4-6-16(20)11-15/h4-11,13-14,22H,12H2,1-3H3,(H,21,23)/t14-/m1/s1. The molecule has 0 saturated heterocycles. The van der Waals surface area contributed by atoms with Crippen molar-refractivity contribution in [3.05, 3.63) is 58.6 Å². The summed E-state index contributed by atoms with van der Waals surface area (Å²) in [6.07, 6.45) is 0. The molecule has 0 saturated carbocycles. The lowest BCUT2D eigenvalue weighted by Crippen LogP contribution is -2.31. The van der Waals surface area contributed by atoms with Crippen molar-refractivity contribution in [2.75, 3.05) is 6.61 Å². The van der Waals surface area contributed by atoms with Crippen molar-refractivity contribution in [1.29, 1.82) is 0 Å². The molecular weight excluding hydrogens is 432 g/mol. The molecule has 0 aromatic heterocycles. The Morgan fingerprint density at radius 1 is 1.11 bits per heavy atom. The van der Waals surface area contributed by atoms with Gasteiger partial charge in [0.25, 0.3) is 5.91 Å². The van der Waals surface area contributed by atoms with Gasteiger partial charge in [-0.1, -0.05) is 28.1 Å². The van der Waals surface area contributed by atoms with Crippen LogP contribution in [0.4, 0.5) is 0 Å². The van der Waals surface area contributed by atoms with Crippen LogP contribution in [0.25, 0.3) is 0 Å². The fourth-order valence-corrected chi connectivity index (χ4v) is 4.05. The van der Waals surface area contributed by atoms with Gasteiger partial charge in [-0.25, -0.2) is 13.1 Å². The molecule has 8 heteroatoms. The van der Waals surface area contributed by atoms with Crippen LogP contribution in [0, 0.1) is 0 Å². The summed E-state index contributed by atoms with van der Waals surface area (Å²) in [4.78, 5) is 12.2. The van der Waals surface area contributed by atoms with Crippen LogP contribution in [0.1, 0.15) is 32.4 Å². The molecule has 0 aliphatic heterocycles. The van der Waals surface area contributed by atoms with Gasteiger partial charge in [0.05, 0.1) is 10.9 Å². The fourth-order valence-electron chi connectivity index (χ4n) is 2.38. The van der Waals surface area contributed by atoms with E-state index in [0.29, 0.717) is 5.75 Å². The van der Waals surface area contributed by atoms with Crippen molar-refractivity contribution < 1.29 is 17.9 Å². The number of carbonyl (C=O) groups excluding carboxylic acids is 1. The highest BCUT2D eigenvalue weighted by atomic mass is 79.9. The number of rotatable bonds is 8. The van der Waals surface area contributed by atoms with Gasteiger partial charge in [0.2, 0.25) is 10.0 Å². The second-order valence-corrected chi connectivity index (χ2v) is 9.01. The van der Waals surface area contributed by atoms with E-state index in [4.69, 9.17) is 4.74 Å². The zero-order chi connectivity index (χ0) is 20.0. The number of ether oxygens (including phenoxy) is 1. The van der Waals surface area contributed by atoms with Crippen LogP contribution >= 0.6 is 15.9 Å². The molecule has 0 bridgehead atoms. The molecule has 0 spiro atoms. The lowest BCUT2D eigenvalue weighted by molar-refractivity contribution is -0.123. The van der Waals surface area contributed by atoms with Gasteiger partial charge < -0.3 is 10.1 Å². The molecule has 0 heterocycles. The highest BCUT2D eigenvalue weighted by Gasteiger charge is 2.15. The molecule has 1 amide bonds. The number of halogens is 1. The maximum atomic E-state index is 12.1. The van der Waals surface area contributed by atoms with Gasteiger partial charge in [0.1, 0.15) is 5.75 Å². The Morgan fingerprint density at radius 2 is 1.78 bits per heavy atom. The van der Waals surface area contributed by atoms with Crippen molar-refractivity contribution in [1.82, 2.24) is 10.0 Å². The lowest BCUT2D eigenvalue weighted by atomic mass is 10.1. The van der Waals surface area contributed by atoms with E-state index in [0.717, 1.165) is 10.0 Å². The third-order valence-corrected chi connectivity index (χ3v) is 5.79. The molecule has 0 aliphatic rings. The van der Waals surface area contributed by atoms with Crippen LogP contribution in [-0.4, -0.2) is 27.0 Å². The van der Waals surface area contributed by atoms with E-state index in [-0.39, 0.29) is 29.5 Å². The molecule has 2 aromatic carbocycles. The van der Waals surface area contributed by atoms with Crippen molar-refractivity contribution in [3.63, 3.8) is 0 Å². The van der Waals surface area contributed by atoms with E-state index in [9.17, 15) is 13.2 Å². The number of hydrogen-bond donors (Lipinski definition) is 2. The molecule has 2 N–H and O–H groups in total. The van der Waals surface area contributed by atoms with Crippen molar-refractivity contribution in [2.45, 2.75) is 37.8 Å². The van der Waals surface area contributed by atoms with Crippen molar-refractivity contribution in [3.8, 4) is 5.75 Å². The SMILES string of the molecule is CC(C)NS(=O)(=O)c1ccc(OCC(=O)N[C@H](C)c2cccc(Br)c2)cc1. The number of carbonyl (C=O) groups is 1. The van der Waals surface area contributed by atoms with Gasteiger partial charge in [-0.2, -0.15) is 0 Å². The second-order valence-electron chi connectivity index (χ2n) is 6.38. The summed E-state index contributed by atoms with van der Waals surface area (Å²) in [5, 5.41) is 2.86. The average molecular weight is 455 g/mol. The first-order chi connectivity index (χ1) is 12.7. The second kappa shape index (κ2) is 9.34. The Kier molecular flexibility index (Phi) is 7.41. The summed E-state index contributed by atoms with van der Waals surface area (Å²) in [7, 11) is -3.55. The van der Waals surface area contributed by atoms with E-state index in [1.54, 1.807) is 13.8 Å². The minimum Gasteiger partial charge on any atom is -0.484 e. The third-order valence-electron chi connectivity index (χ3n) is 3.62. The van der Waals surface area contributed by atoms with Crippen molar-refractivity contribution in [2.24, 2.45) is 0 Å². The maximum absolute atomic E-state index is 12.1. The summed E-state index contributed by atoms with van der Waals surface area (Å²) < 4.78 is 33.1. The zero-order valence-electron chi connectivity index (χ0n) is 15.4. The normalized spacial score (nSPS) is 12.6.